The van der Waals surface area contributed by atoms with Crippen LogP contribution in [-0.4, -0.2) is 66.8 Å². The van der Waals surface area contributed by atoms with Crippen LogP contribution in [0.3, 0.4) is 0 Å². The average molecular weight is 320 g/mol. The summed E-state index contributed by atoms with van der Waals surface area (Å²) in [7, 11) is 0. The first-order valence-corrected chi connectivity index (χ1v) is 8.42. The summed E-state index contributed by atoms with van der Waals surface area (Å²) in [4.78, 5) is 16.2. The van der Waals surface area contributed by atoms with Crippen molar-refractivity contribution < 1.29 is 14.6 Å². The van der Waals surface area contributed by atoms with E-state index in [1.165, 1.54) is 5.56 Å². The van der Waals surface area contributed by atoms with E-state index >= 15 is 0 Å². The normalized spacial score (nSPS) is 16.6. The number of rotatable bonds is 7. The summed E-state index contributed by atoms with van der Waals surface area (Å²) in [5, 5.41) is 10.4. The number of carbonyl (C=O) groups is 1. The maximum Gasteiger partial charge on any atom is 0.224 e. The van der Waals surface area contributed by atoms with Crippen LogP contribution in [-0.2, 0) is 9.53 Å². The number of hydrogen-bond acceptors (Lipinski definition) is 4. The van der Waals surface area contributed by atoms with Crippen LogP contribution in [0.25, 0.3) is 0 Å². The first-order valence-electron chi connectivity index (χ1n) is 8.42. The number of aliphatic hydroxyl groups is 1. The molecule has 1 amide bonds. The Hall–Kier alpha value is -1.43. The molecule has 128 valence electrons. The van der Waals surface area contributed by atoms with Gasteiger partial charge in [-0.05, 0) is 19.0 Å². The third-order valence-corrected chi connectivity index (χ3v) is 4.35. The van der Waals surface area contributed by atoms with Crippen LogP contribution < -0.4 is 0 Å². The predicted octanol–water partition coefficient (Wildman–Crippen LogP) is 1.60. The number of aryl methyl sites for hydroxylation is 1. The number of amides is 1. The largest absolute Gasteiger partial charge is 0.387 e. The molecule has 0 aliphatic carbocycles. The summed E-state index contributed by atoms with van der Waals surface area (Å²) in [6.45, 7) is 8.79. The van der Waals surface area contributed by atoms with E-state index in [0.29, 0.717) is 45.8 Å². The van der Waals surface area contributed by atoms with Gasteiger partial charge in [0.05, 0.1) is 19.3 Å². The lowest BCUT2D eigenvalue weighted by atomic mass is 10.1. The summed E-state index contributed by atoms with van der Waals surface area (Å²) in [5.74, 6) is 0.177. The maximum absolute atomic E-state index is 12.2. The van der Waals surface area contributed by atoms with E-state index in [1.807, 2.05) is 36.1 Å². The zero-order valence-electron chi connectivity index (χ0n) is 14.2. The van der Waals surface area contributed by atoms with Crippen molar-refractivity contribution in [3.05, 3.63) is 35.4 Å². The van der Waals surface area contributed by atoms with E-state index in [1.54, 1.807) is 0 Å². The fourth-order valence-electron chi connectivity index (χ4n) is 2.74. The third kappa shape index (κ3) is 5.61. The van der Waals surface area contributed by atoms with Crippen LogP contribution in [0.15, 0.2) is 24.3 Å². The number of morpholine rings is 1. The summed E-state index contributed by atoms with van der Waals surface area (Å²) in [5.41, 5.74) is 2.11. The van der Waals surface area contributed by atoms with E-state index in [0.717, 1.165) is 12.1 Å². The smallest absolute Gasteiger partial charge is 0.224 e. The standard InChI is InChI=1S/C18H28N2O3/c1-3-19(9-8-18(22)20-10-12-23-13-11-20)14-17(21)16-6-4-15(2)5-7-16/h4-7,17,21H,3,8-14H2,1-2H3. The van der Waals surface area contributed by atoms with E-state index < -0.39 is 6.10 Å². The molecule has 1 aliphatic rings. The molecule has 1 saturated heterocycles. The van der Waals surface area contributed by atoms with Crippen LogP contribution in [0.5, 0.6) is 0 Å². The van der Waals surface area contributed by atoms with Gasteiger partial charge in [0.1, 0.15) is 0 Å². The molecule has 1 aromatic carbocycles. The number of benzene rings is 1. The molecule has 1 heterocycles. The quantitative estimate of drug-likeness (QED) is 0.829. The fraction of sp³-hybridized carbons (Fsp3) is 0.611. The second kappa shape index (κ2) is 9.01. The van der Waals surface area contributed by atoms with Crippen LogP contribution in [0.4, 0.5) is 0 Å². The van der Waals surface area contributed by atoms with Crippen molar-refractivity contribution in [3.63, 3.8) is 0 Å². The topological polar surface area (TPSA) is 53.0 Å². The van der Waals surface area contributed by atoms with Gasteiger partial charge in [-0.3, -0.25) is 4.79 Å². The highest BCUT2D eigenvalue weighted by Crippen LogP contribution is 2.15. The molecule has 1 N–H and O–H groups in total. The highest BCUT2D eigenvalue weighted by Gasteiger charge is 2.18. The Morgan fingerprint density at radius 3 is 2.57 bits per heavy atom. The number of ether oxygens (including phenoxy) is 1. The SMILES string of the molecule is CCN(CCC(=O)N1CCOCC1)CC(O)c1ccc(C)cc1. The molecule has 1 aliphatic heterocycles. The van der Waals surface area contributed by atoms with Crippen LogP contribution in [0, 0.1) is 6.92 Å². The molecule has 2 rings (SSSR count). The second-order valence-corrected chi connectivity index (χ2v) is 6.06. The highest BCUT2D eigenvalue weighted by molar-refractivity contribution is 5.76. The number of nitrogens with zero attached hydrogens (tertiary/aromatic N) is 2. The molecule has 0 bridgehead atoms. The predicted molar refractivity (Wildman–Crippen MR) is 90.3 cm³/mol. The zero-order valence-corrected chi connectivity index (χ0v) is 14.2. The molecule has 0 radical (unpaired) electrons. The van der Waals surface area contributed by atoms with Gasteiger partial charge in [0.2, 0.25) is 5.91 Å². The Balaban J connectivity index is 1.80. The third-order valence-electron chi connectivity index (χ3n) is 4.35. The first-order chi connectivity index (χ1) is 11.1. The molecule has 1 aromatic rings. The Bertz CT molecular complexity index is 484. The maximum atomic E-state index is 12.2. The molecule has 0 aromatic heterocycles. The second-order valence-electron chi connectivity index (χ2n) is 6.06. The van der Waals surface area contributed by atoms with Crippen molar-refractivity contribution in [1.29, 1.82) is 0 Å². The molecule has 1 fully saturated rings. The van der Waals surface area contributed by atoms with Gasteiger partial charge in [-0.2, -0.15) is 0 Å². The summed E-state index contributed by atoms with van der Waals surface area (Å²) >= 11 is 0. The number of likely N-dealkylation sites (N-methyl/N-ethyl adjacent to an activating group) is 1. The van der Waals surface area contributed by atoms with Crippen LogP contribution in [0.1, 0.15) is 30.6 Å². The van der Waals surface area contributed by atoms with Crippen molar-refractivity contribution in [1.82, 2.24) is 9.80 Å². The monoisotopic (exact) mass is 320 g/mol. The van der Waals surface area contributed by atoms with Crippen LogP contribution >= 0.6 is 0 Å². The van der Waals surface area contributed by atoms with Crippen molar-refractivity contribution in [2.75, 3.05) is 45.9 Å². The number of carbonyl (C=O) groups excluding carboxylic acids is 1. The van der Waals surface area contributed by atoms with Gasteiger partial charge in [-0.25, -0.2) is 0 Å². The molecule has 1 unspecified atom stereocenters. The Labute approximate surface area is 138 Å². The van der Waals surface area contributed by atoms with Crippen molar-refractivity contribution in [2.45, 2.75) is 26.4 Å². The lowest BCUT2D eigenvalue weighted by Crippen LogP contribution is -2.42. The van der Waals surface area contributed by atoms with Crippen LogP contribution in [0.2, 0.25) is 0 Å². The fourth-order valence-corrected chi connectivity index (χ4v) is 2.74. The van der Waals surface area contributed by atoms with Gasteiger partial charge >= 0.3 is 0 Å². The van der Waals surface area contributed by atoms with Crippen molar-refractivity contribution >= 4 is 5.91 Å². The zero-order chi connectivity index (χ0) is 16.7. The van der Waals surface area contributed by atoms with Gasteiger partial charge < -0.3 is 19.6 Å². The van der Waals surface area contributed by atoms with Crippen molar-refractivity contribution in [2.24, 2.45) is 0 Å². The number of hydrogen-bond donors (Lipinski definition) is 1. The lowest BCUT2D eigenvalue weighted by Gasteiger charge is -2.28. The van der Waals surface area contributed by atoms with Gasteiger partial charge in [-0.15, -0.1) is 0 Å². The molecule has 5 nitrogen and oxygen atoms in total. The summed E-state index contributed by atoms with van der Waals surface area (Å²) in [6.07, 6.45) is -0.0249. The highest BCUT2D eigenvalue weighted by atomic mass is 16.5. The van der Waals surface area contributed by atoms with E-state index in [9.17, 15) is 9.90 Å². The van der Waals surface area contributed by atoms with E-state index in [4.69, 9.17) is 4.74 Å². The Morgan fingerprint density at radius 1 is 1.30 bits per heavy atom. The van der Waals surface area contributed by atoms with Gasteiger partial charge in [-0.1, -0.05) is 36.8 Å². The van der Waals surface area contributed by atoms with E-state index in [-0.39, 0.29) is 5.91 Å². The van der Waals surface area contributed by atoms with E-state index in [2.05, 4.69) is 11.8 Å². The molecule has 1 atom stereocenters. The molecule has 5 heteroatoms. The number of aliphatic hydroxyl groups excluding tert-OH is 1. The molecular weight excluding hydrogens is 292 g/mol. The summed E-state index contributed by atoms with van der Waals surface area (Å²) < 4.78 is 5.27. The average Bonchev–Trinajstić information content (AvgIpc) is 2.59. The molecular formula is C18H28N2O3. The molecule has 23 heavy (non-hydrogen) atoms. The Morgan fingerprint density at radius 2 is 1.96 bits per heavy atom. The first kappa shape index (κ1) is 17.9. The van der Waals surface area contributed by atoms with Gasteiger partial charge in [0.25, 0.3) is 0 Å². The molecule has 0 saturated carbocycles. The minimum Gasteiger partial charge on any atom is -0.387 e. The minimum atomic E-state index is -0.519. The van der Waals surface area contributed by atoms with Gasteiger partial charge in [0, 0.05) is 32.6 Å². The minimum absolute atomic E-state index is 0.177. The lowest BCUT2D eigenvalue weighted by molar-refractivity contribution is -0.135. The molecule has 0 spiro atoms. The van der Waals surface area contributed by atoms with Gasteiger partial charge in [0.15, 0.2) is 0 Å². The summed E-state index contributed by atoms with van der Waals surface area (Å²) in [6, 6.07) is 7.95. The Kier molecular flexibility index (Phi) is 7.02. The van der Waals surface area contributed by atoms with Crippen molar-refractivity contribution in [3.8, 4) is 0 Å².